The molecule has 0 radical (unpaired) electrons. The van der Waals surface area contributed by atoms with Crippen LogP contribution in [0.3, 0.4) is 0 Å². The van der Waals surface area contributed by atoms with E-state index in [1.54, 1.807) is 28.8 Å². The third-order valence-electron chi connectivity index (χ3n) is 4.24. The van der Waals surface area contributed by atoms with Crippen molar-refractivity contribution in [2.75, 3.05) is 0 Å². The Bertz CT molecular complexity index is 1060. The lowest BCUT2D eigenvalue weighted by molar-refractivity contribution is -0.361. The summed E-state index contributed by atoms with van der Waals surface area (Å²) in [7, 11) is 0. The van der Waals surface area contributed by atoms with Gasteiger partial charge < -0.3 is 4.57 Å². The lowest BCUT2D eigenvalue weighted by atomic mass is 10.2. The molecule has 0 aliphatic heterocycles. The first kappa shape index (κ1) is 22.1. The van der Waals surface area contributed by atoms with Gasteiger partial charge in [0.05, 0.1) is 6.21 Å². The van der Waals surface area contributed by atoms with Gasteiger partial charge in [0.25, 0.3) is 0 Å². The number of para-hydroxylation sites is 1. The van der Waals surface area contributed by atoms with Crippen molar-refractivity contribution >= 4 is 33.0 Å². The van der Waals surface area contributed by atoms with E-state index in [0.717, 1.165) is 16.3 Å². The Kier molecular flexibility index (Phi) is 5.85. The highest BCUT2D eigenvalue weighted by atomic mass is 79.9. The smallest absolute Gasteiger partial charge is 0.342 e. The van der Waals surface area contributed by atoms with Gasteiger partial charge in [0.2, 0.25) is 0 Å². The van der Waals surface area contributed by atoms with E-state index in [1.165, 1.54) is 6.20 Å². The molecule has 0 unspecified atom stereocenters. The van der Waals surface area contributed by atoms with Crippen LogP contribution in [0.25, 0.3) is 10.9 Å². The summed E-state index contributed by atoms with van der Waals surface area (Å²) in [4.78, 5) is 0. The molecule has 30 heavy (non-hydrogen) atoms. The van der Waals surface area contributed by atoms with Crippen molar-refractivity contribution in [1.29, 1.82) is 0 Å². The summed E-state index contributed by atoms with van der Waals surface area (Å²) in [6.45, 7) is 0.414. The zero-order valence-corrected chi connectivity index (χ0v) is 16.5. The average molecular weight is 496 g/mol. The summed E-state index contributed by atoms with van der Waals surface area (Å²) in [5.41, 5.74) is 2.53. The number of hydrazone groups is 1. The van der Waals surface area contributed by atoms with Crippen LogP contribution in [0.15, 0.2) is 64.3 Å². The normalized spacial score (nSPS) is 13.3. The minimum absolute atomic E-state index is 0.265. The Morgan fingerprint density at radius 2 is 1.57 bits per heavy atom. The van der Waals surface area contributed by atoms with Crippen LogP contribution in [0.2, 0.25) is 0 Å². The molecule has 1 N–H and O–H groups in total. The third kappa shape index (κ3) is 4.30. The van der Waals surface area contributed by atoms with Crippen LogP contribution in [0, 0.1) is 0 Å². The topological polar surface area (TPSA) is 29.3 Å². The predicted octanol–water partition coefficient (Wildman–Crippen LogP) is 6.17. The van der Waals surface area contributed by atoms with Gasteiger partial charge in [-0.15, -0.1) is 0 Å². The van der Waals surface area contributed by atoms with Gasteiger partial charge in [-0.1, -0.05) is 46.3 Å². The standard InChI is InChI=1S/C19H13BrF7N3/c20-14-7-5-12(6-8-14)10-30-11-13(15-3-1-2-4-16(15)30)9-28-29-19(26,27)17(21,22)18(23,24)25/h1-9,11,29H,10H2/b28-9-. The van der Waals surface area contributed by atoms with Gasteiger partial charge in [0.1, 0.15) is 0 Å². The lowest BCUT2D eigenvalue weighted by Crippen LogP contribution is -2.58. The first-order valence-corrected chi connectivity index (χ1v) is 9.16. The molecule has 160 valence electrons. The van der Waals surface area contributed by atoms with Gasteiger partial charge in [0.15, 0.2) is 0 Å². The molecule has 11 heteroatoms. The summed E-state index contributed by atoms with van der Waals surface area (Å²) >= 11 is 3.33. The molecule has 0 aliphatic carbocycles. The summed E-state index contributed by atoms with van der Waals surface area (Å²) in [5.74, 6) is -6.28. The summed E-state index contributed by atoms with van der Waals surface area (Å²) in [6.07, 6.45) is -4.11. The molecule has 1 aromatic heterocycles. The maximum absolute atomic E-state index is 13.3. The molecule has 3 rings (SSSR count). The molecule has 0 saturated carbocycles. The Hall–Kier alpha value is -2.56. The van der Waals surface area contributed by atoms with Gasteiger partial charge in [-0.2, -0.15) is 35.8 Å². The molecule has 0 saturated heterocycles. The second-order valence-electron chi connectivity index (χ2n) is 6.37. The third-order valence-corrected chi connectivity index (χ3v) is 4.77. The second-order valence-corrected chi connectivity index (χ2v) is 7.29. The highest BCUT2D eigenvalue weighted by molar-refractivity contribution is 9.10. The monoisotopic (exact) mass is 495 g/mol. The van der Waals surface area contributed by atoms with E-state index in [4.69, 9.17) is 0 Å². The van der Waals surface area contributed by atoms with Crippen LogP contribution in [-0.2, 0) is 6.54 Å². The number of hydrogen-bond acceptors (Lipinski definition) is 2. The van der Waals surface area contributed by atoms with Gasteiger partial charge in [-0.25, -0.2) is 5.43 Å². The maximum Gasteiger partial charge on any atom is 0.462 e. The zero-order valence-electron chi connectivity index (χ0n) is 14.9. The number of benzene rings is 2. The molecular formula is C19H13BrF7N3. The summed E-state index contributed by atoms with van der Waals surface area (Å²) < 4.78 is 91.8. The molecule has 3 aromatic rings. The van der Waals surface area contributed by atoms with Gasteiger partial charge in [-0.3, -0.25) is 0 Å². The number of fused-ring (bicyclic) bond motifs is 1. The highest BCUT2D eigenvalue weighted by Gasteiger charge is 2.73. The van der Waals surface area contributed by atoms with E-state index in [-0.39, 0.29) is 5.56 Å². The molecular weight excluding hydrogens is 483 g/mol. The van der Waals surface area contributed by atoms with Crippen molar-refractivity contribution in [2.45, 2.75) is 24.7 Å². The molecule has 0 spiro atoms. The summed E-state index contributed by atoms with van der Waals surface area (Å²) in [5, 5.41) is 3.51. The minimum Gasteiger partial charge on any atom is -0.342 e. The SMILES string of the molecule is FC(F)(F)C(F)(F)C(F)(F)N/N=C\c1cn(Cc2ccc(Br)cc2)c2ccccc12. The Labute approximate surface area is 174 Å². The fourth-order valence-corrected chi connectivity index (χ4v) is 2.99. The van der Waals surface area contributed by atoms with Crippen LogP contribution < -0.4 is 5.43 Å². The largest absolute Gasteiger partial charge is 0.462 e. The molecule has 1 heterocycles. The van der Waals surface area contributed by atoms with E-state index in [0.29, 0.717) is 22.9 Å². The van der Waals surface area contributed by atoms with Crippen molar-refractivity contribution in [3.05, 3.63) is 70.3 Å². The van der Waals surface area contributed by atoms with E-state index >= 15 is 0 Å². The van der Waals surface area contributed by atoms with Crippen LogP contribution in [-0.4, -0.2) is 28.9 Å². The quantitative estimate of drug-likeness (QED) is 0.188. The molecule has 0 fully saturated rings. The van der Waals surface area contributed by atoms with Crippen molar-refractivity contribution in [3.63, 3.8) is 0 Å². The van der Waals surface area contributed by atoms with Gasteiger partial charge >= 0.3 is 18.1 Å². The lowest BCUT2D eigenvalue weighted by Gasteiger charge is -2.27. The fourth-order valence-electron chi connectivity index (χ4n) is 2.73. The van der Waals surface area contributed by atoms with Crippen molar-refractivity contribution in [3.8, 4) is 0 Å². The Morgan fingerprint density at radius 3 is 2.20 bits per heavy atom. The number of aromatic nitrogens is 1. The average Bonchev–Trinajstić information content (AvgIpc) is 3.00. The van der Waals surface area contributed by atoms with Crippen LogP contribution >= 0.6 is 15.9 Å². The molecule has 0 atom stereocenters. The van der Waals surface area contributed by atoms with Crippen molar-refractivity contribution < 1.29 is 30.7 Å². The van der Waals surface area contributed by atoms with Gasteiger partial charge in [0, 0.05) is 33.7 Å². The zero-order chi connectivity index (χ0) is 22.2. The summed E-state index contributed by atoms with van der Waals surface area (Å²) in [6, 6.07) is 8.63. The predicted molar refractivity (Wildman–Crippen MR) is 102 cm³/mol. The molecule has 3 nitrogen and oxygen atoms in total. The second kappa shape index (κ2) is 7.93. The first-order valence-electron chi connectivity index (χ1n) is 8.37. The molecule has 0 amide bonds. The van der Waals surface area contributed by atoms with Gasteiger partial charge in [-0.05, 0) is 23.8 Å². The Balaban J connectivity index is 1.87. The van der Waals surface area contributed by atoms with E-state index in [1.807, 2.05) is 24.3 Å². The maximum atomic E-state index is 13.3. The number of nitrogens with zero attached hydrogens (tertiary/aromatic N) is 2. The van der Waals surface area contributed by atoms with Crippen LogP contribution in [0.5, 0.6) is 0 Å². The molecule has 2 aromatic carbocycles. The molecule has 0 aliphatic rings. The number of halogens is 8. The number of nitrogens with one attached hydrogen (secondary N) is 1. The molecule has 0 bridgehead atoms. The van der Waals surface area contributed by atoms with E-state index in [2.05, 4.69) is 21.0 Å². The number of alkyl halides is 7. The Morgan fingerprint density at radius 1 is 0.933 bits per heavy atom. The van der Waals surface area contributed by atoms with Crippen LogP contribution in [0.1, 0.15) is 11.1 Å². The fraction of sp³-hybridized carbons (Fsp3) is 0.211. The van der Waals surface area contributed by atoms with Crippen molar-refractivity contribution in [1.82, 2.24) is 9.99 Å². The number of rotatable bonds is 6. The van der Waals surface area contributed by atoms with Crippen molar-refractivity contribution in [2.24, 2.45) is 5.10 Å². The van der Waals surface area contributed by atoms with Crippen LogP contribution in [0.4, 0.5) is 30.7 Å². The highest BCUT2D eigenvalue weighted by Crippen LogP contribution is 2.45. The van der Waals surface area contributed by atoms with E-state index in [9.17, 15) is 30.7 Å². The first-order chi connectivity index (χ1) is 13.9. The minimum atomic E-state index is -6.43. The van der Waals surface area contributed by atoms with E-state index < -0.39 is 18.1 Å². The number of hydrogen-bond donors (Lipinski definition) is 1.